The van der Waals surface area contributed by atoms with Crippen LogP contribution in [0.15, 0.2) is 30.3 Å². The van der Waals surface area contributed by atoms with Gasteiger partial charge in [-0.05, 0) is 24.5 Å². The zero-order chi connectivity index (χ0) is 13.9. The van der Waals surface area contributed by atoms with Crippen molar-refractivity contribution in [2.45, 2.75) is 58.8 Å². The molecule has 1 aromatic carbocycles. The number of hydrogen-bond donors (Lipinski definition) is 0. The summed E-state index contributed by atoms with van der Waals surface area (Å²) in [4.78, 5) is 11.7. The Morgan fingerprint density at radius 1 is 1.11 bits per heavy atom. The number of rotatable bonds is 9. The molecule has 0 spiro atoms. The van der Waals surface area contributed by atoms with Gasteiger partial charge < -0.3 is 4.74 Å². The number of para-hydroxylation sites is 1. The second-order valence-corrected chi connectivity index (χ2v) is 5.10. The number of esters is 1. The number of carbonyl (C=O) groups excluding carboxylic acids is 1. The molecule has 0 bridgehead atoms. The Hall–Kier alpha value is -1.31. The summed E-state index contributed by atoms with van der Waals surface area (Å²) in [6, 6.07) is 9.30. The van der Waals surface area contributed by atoms with Crippen LogP contribution in [0.5, 0.6) is 5.75 Å². The summed E-state index contributed by atoms with van der Waals surface area (Å²) < 4.78 is 5.30. The van der Waals surface area contributed by atoms with Crippen LogP contribution >= 0.6 is 0 Å². The van der Waals surface area contributed by atoms with E-state index in [9.17, 15) is 4.79 Å². The summed E-state index contributed by atoms with van der Waals surface area (Å²) in [5.41, 5.74) is 0. The van der Waals surface area contributed by atoms with Crippen molar-refractivity contribution in [3.63, 3.8) is 0 Å². The molecule has 1 unspecified atom stereocenters. The molecule has 1 rings (SSSR count). The van der Waals surface area contributed by atoms with Gasteiger partial charge in [0.15, 0.2) is 0 Å². The summed E-state index contributed by atoms with van der Waals surface area (Å²) >= 11 is 0. The Bertz CT molecular complexity index is 346. The Kier molecular flexibility index (Phi) is 7.95. The minimum atomic E-state index is -0.111. The van der Waals surface area contributed by atoms with E-state index in [1.165, 1.54) is 25.7 Å². The van der Waals surface area contributed by atoms with Gasteiger partial charge >= 0.3 is 5.97 Å². The summed E-state index contributed by atoms with van der Waals surface area (Å²) in [5.74, 6) is 1.20. The number of hydrogen-bond acceptors (Lipinski definition) is 2. The zero-order valence-corrected chi connectivity index (χ0v) is 12.2. The molecule has 0 fully saturated rings. The Labute approximate surface area is 117 Å². The third kappa shape index (κ3) is 7.00. The van der Waals surface area contributed by atoms with Gasteiger partial charge in [-0.3, -0.25) is 4.79 Å². The van der Waals surface area contributed by atoms with Gasteiger partial charge in [-0.1, -0.05) is 64.2 Å². The summed E-state index contributed by atoms with van der Waals surface area (Å²) in [5, 5.41) is 0. The normalized spacial score (nSPS) is 12.1. The lowest BCUT2D eigenvalue weighted by atomic mass is 9.94. The maximum atomic E-state index is 11.7. The smallest absolute Gasteiger partial charge is 0.311 e. The molecule has 0 aliphatic heterocycles. The van der Waals surface area contributed by atoms with Crippen molar-refractivity contribution in [2.75, 3.05) is 0 Å². The number of unbranched alkanes of at least 4 members (excludes halogenated alkanes) is 2. The lowest BCUT2D eigenvalue weighted by Gasteiger charge is -2.13. The highest BCUT2D eigenvalue weighted by atomic mass is 16.5. The van der Waals surface area contributed by atoms with Gasteiger partial charge in [0.1, 0.15) is 5.75 Å². The van der Waals surface area contributed by atoms with Crippen molar-refractivity contribution < 1.29 is 9.53 Å². The average molecular weight is 262 g/mol. The average Bonchev–Trinajstić information content (AvgIpc) is 2.44. The highest BCUT2D eigenvalue weighted by Gasteiger charge is 2.10. The van der Waals surface area contributed by atoms with Crippen LogP contribution in [0.4, 0.5) is 0 Å². The maximum Gasteiger partial charge on any atom is 0.311 e. The number of carbonyl (C=O) groups is 1. The van der Waals surface area contributed by atoms with Crippen LogP contribution in [-0.4, -0.2) is 5.97 Å². The number of ether oxygens (including phenoxy) is 1. The maximum absolute atomic E-state index is 11.7. The zero-order valence-electron chi connectivity index (χ0n) is 12.2. The lowest BCUT2D eigenvalue weighted by molar-refractivity contribution is -0.134. The molecule has 2 nitrogen and oxygen atoms in total. The molecule has 0 aromatic heterocycles. The van der Waals surface area contributed by atoms with Crippen LogP contribution in [0.2, 0.25) is 0 Å². The van der Waals surface area contributed by atoms with Crippen molar-refractivity contribution in [3.05, 3.63) is 30.3 Å². The first-order chi connectivity index (χ1) is 9.26. The molecule has 0 N–H and O–H groups in total. The summed E-state index contributed by atoms with van der Waals surface area (Å²) in [7, 11) is 0. The molecule has 106 valence electrons. The van der Waals surface area contributed by atoms with E-state index in [-0.39, 0.29) is 5.97 Å². The second kappa shape index (κ2) is 9.60. The van der Waals surface area contributed by atoms with Gasteiger partial charge in [0, 0.05) is 6.42 Å². The molecule has 0 heterocycles. The van der Waals surface area contributed by atoms with Gasteiger partial charge in [-0.2, -0.15) is 0 Å². The second-order valence-electron chi connectivity index (χ2n) is 5.10. The molecule has 1 aromatic rings. The van der Waals surface area contributed by atoms with Crippen molar-refractivity contribution in [3.8, 4) is 5.75 Å². The fraction of sp³-hybridized carbons (Fsp3) is 0.588. The van der Waals surface area contributed by atoms with Crippen LogP contribution in [-0.2, 0) is 4.79 Å². The molecule has 0 aliphatic rings. The topological polar surface area (TPSA) is 26.3 Å². The fourth-order valence-electron chi connectivity index (χ4n) is 2.23. The molecular weight excluding hydrogens is 236 g/mol. The Balaban J connectivity index is 2.24. The van der Waals surface area contributed by atoms with Crippen molar-refractivity contribution in [1.82, 2.24) is 0 Å². The Morgan fingerprint density at radius 3 is 2.47 bits per heavy atom. The third-order valence-corrected chi connectivity index (χ3v) is 3.52. The molecule has 0 saturated carbocycles. The van der Waals surface area contributed by atoms with E-state index in [1.54, 1.807) is 0 Å². The first-order valence-corrected chi connectivity index (χ1v) is 7.52. The van der Waals surface area contributed by atoms with Crippen molar-refractivity contribution in [1.29, 1.82) is 0 Å². The molecular formula is C17H26O2. The quantitative estimate of drug-likeness (QED) is 0.356. The highest BCUT2D eigenvalue weighted by Crippen LogP contribution is 2.20. The van der Waals surface area contributed by atoms with Crippen LogP contribution in [0.1, 0.15) is 58.8 Å². The van der Waals surface area contributed by atoms with E-state index in [4.69, 9.17) is 4.74 Å². The highest BCUT2D eigenvalue weighted by molar-refractivity contribution is 5.72. The molecule has 0 amide bonds. The molecule has 1 atom stereocenters. The molecule has 0 saturated heterocycles. The van der Waals surface area contributed by atoms with Crippen LogP contribution in [0, 0.1) is 5.92 Å². The molecule has 2 heteroatoms. The monoisotopic (exact) mass is 262 g/mol. The van der Waals surface area contributed by atoms with Gasteiger partial charge in [0.25, 0.3) is 0 Å². The van der Waals surface area contributed by atoms with Crippen LogP contribution in [0.3, 0.4) is 0 Å². The summed E-state index contributed by atoms with van der Waals surface area (Å²) in [6.45, 7) is 4.43. The SMILES string of the molecule is CCCCCC(CC)CCC(=O)Oc1ccccc1. The standard InChI is InChI=1S/C17H26O2/c1-3-5-7-10-15(4-2)13-14-17(18)19-16-11-8-6-9-12-16/h6,8-9,11-12,15H,3-5,7,10,13-14H2,1-2H3. The van der Waals surface area contributed by atoms with Crippen LogP contribution < -0.4 is 4.74 Å². The minimum Gasteiger partial charge on any atom is -0.427 e. The first-order valence-electron chi connectivity index (χ1n) is 7.52. The summed E-state index contributed by atoms with van der Waals surface area (Å²) in [6.07, 6.45) is 7.71. The van der Waals surface area contributed by atoms with Gasteiger partial charge in [-0.25, -0.2) is 0 Å². The predicted molar refractivity (Wildman–Crippen MR) is 79.2 cm³/mol. The third-order valence-electron chi connectivity index (χ3n) is 3.52. The van der Waals surface area contributed by atoms with Gasteiger partial charge in [0.2, 0.25) is 0 Å². The van der Waals surface area contributed by atoms with Crippen molar-refractivity contribution in [2.24, 2.45) is 5.92 Å². The van der Waals surface area contributed by atoms with E-state index in [1.807, 2.05) is 30.3 Å². The van der Waals surface area contributed by atoms with E-state index >= 15 is 0 Å². The van der Waals surface area contributed by atoms with E-state index < -0.39 is 0 Å². The minimum absolute atomic E-state index is 0.111. The van der Waals surface area contributed by atoms with E-state index in [2.05, 4.69) is 13.8 Å². The Morgan fingerprint density at radius 2 is 1.84 bits per heavy atom. The van der Waals surface area contributed by atoms with E-state index in [0.717, 1.165) is 12.8 Å². The van der Waals surface area contributed by atoms with Gasteiger partial charge in [0.05, 0.1) is 0 Å². The molecule has 0 aliphatic carbocycles. The van der Waals surface area contributed by atoms with E-state index in [0.29, 0.717) is 18.1 Å². The largest absolute Gasteiger partial charge is 0.427 e. The van der Waals surface area contributed by atoms with Gasteiger partial charge in [-0.15, -0.1) is 0 Å². The molecule has 19 heavy (non-hydrogen) atoms. The first kappa shape index (κ1) is 15.7. The predicted octanol–water partition coefficient (Wildman–Crippen LogP) is 4.98. The van der Waals surface area contributed by atoms with Crippen LogP contribution in [0.25, 0.3) is 0 Å². The lowest BCUT2D eigenvalue weighted by Crippen LogP contribution is -2.10. The molecule has 0 radical (unpaired) electrons. The number of benzene rings is 1. The van der Waals surface area contributed by atoms with Crippen molar-refractivity contribution >= 4 is 5.97 Å². The fourth-order valence-corrected chi connectivity index (χ4v) is 2.23.